The lowest BCUT2D eigenvalue weighted by Crippen LogP contribution is -2.43. The van der Waals surface area contributed by atoms with Gasteiger partial charge in [0.1, 0.15) is 5.82 Å². The number of anilines is 2. The molecule has 0 bridgehead atoms. The standard InChI is InChI=1S/C19H24N4O/c1-14(2)16-5-3-4-6-17(16)19(24)22-18-13-15(7-8-21-18)23-11-9-20-10-12-23/h3-8,13-14,20H,9-12H2,1-2H3,(H,21,22,24). The highest BCUT2D eigenvalue weighted by Gasteiger charge is 2.15. The van der Waals surface area contributed by atoms with Crippen molar-refractivity contribution in [1.82, 2.24) is 10.3 Å². The van der Waals surface area contributed by atoms with Crippen LogP contribution in [-0.4, -0.2) is 37.1 Å². The van der Waals surface area contributed by atoms with Crippen LogP contribution in [0, 0.1) is 0 Å². The molecule has 0 radical (unpaired) electrons. The fourth-order valence-electron chi connectivity index (χ4n) is 3.00. The second-order valence-electron chi connectivity index (χ2n) is 6.33. The van der Waals surface area contributed by atoms with Crippen molar-refractivity contribution < 1.29 is 4.79 Å². The Morgan fingerprint density at radius 1 is 1.21 bits per heavy atom. The van der Waals surface area contributed by atoms with Gasteiger partial charge in [-0.3, -0.25) is 4.79 Å². The minimum atomic E-state index is -0.107. The van der Waals surface area contributed by atoms with Crippen molar-refractivity contribution >= 4 is 17.4 Å². The van der Waals surface area contributed by atoms with Crippen LogP contribution in [-0.2, 0) is 0 Å². The van der Waals surface area contributed by atoms with E-state index in [9.17, 15) is 4.79 Å². The summed E-state index contributed by atoms with van der Waals surface area (Å²) < 4.78 is 0. The number of pyridine rings is 1. The van der Waals surface area contributed by atoms with Crippen molar-refractivity contribution in [3.05, 3.63) is 53.7 Å². The maximum atomic E-state index is 12.7. The van der Waals surface area contributed by atoms with Crippen molar-refractivity contribution in [3.63, 3.8) is 0 Å². The summed E-state index contributed by atoms with van der Waals surface area (Å²) in [5, 5.41) is 6.28. The van der Waals surface area contributed by atoms with E-state index in [0.717, 1.165) is 37.4 Å². The average Bonchev–Trinajstić information content (AvgIpc) is 2.62. The van der Waals surface area contributed by atoms with Crippen molar-refractivity contribution in [3.8, 4) is 0 Å². The number of carbonyl (C=O) groups excluding carboxylic acids is 1. The molecule has 24 heavy (non-hydrogen) atoms. The van der Waals surface area contributed by atoms with E-state index in [2.05, 4.69) is 34.4 Å². The molecule has 1 aliphatic rings. The van der Waals surface area contributed by atoms with Crippen LogP contribution in [0.25, 0.3) is 0 Å². The summed E-state index contributed by atoms with van der Waals surface area (Å²) in [6, 6.07) is 11.7. The van der Waals surface area contributed by atoms with E-state index in [1.54, 1.807) is 6.20 Å². The van der Waals surface area contributed by atoms with Crippen LogP contribution in [0.3, 0.4) is 0 Å². The summed E-state index contributed by atoms with van der Waals surface area (Å²) in [6.07, 6.45) is 1.75. The van der Waals surface area contributed by atoms with Crippen LogP contribution >= 0.6 is 0 Å². The normalized spacial score (nSPS) is 14.7. The molecule has 1 aromatic heterocycles. The fourth-order valence-corrected chi connectivity index (χ4v) is 3.00. The van der Waals surface area contributed by atoms with Gasteiger partial charge in [0, 0.05) is 49.7 Å². The molecule has 0 unspecified atom stereocenters. The molecule has 0 spiro atoms. The zero-order valence-electron chi connectivity index (χ0n) is 14.2. The van der Waals surface area contributed by atoms with Gasteiger partial charge in [-0.25, -0.2) is 4.98 Å². The number of carbonyl (C=O) groups is 1. The zero-order valence-corrected chi connectivity index (χ0v) is 14.2. The minimum Gasteiger partial charge on any atom is -0.369 e. The van der Waals surface area contributed by atoms with Crippen molar-refractivity contribution in [2.24, 2.45) is 0 Å². The number of aromatic nitrogens is 1. The highest BCUT2D eigenvalue weighted by Crippen LogP contribution is 2.22. The van der Waals surface area contributed by atoms with E-state index in [4.69, 9.17) is 0 Å². The van der Waals surface area contributed by atoms with Gasteiger partial charge in [0.25, 0.3) is 5.91 Å². The van der Waals surface area contributed by atoms with E-state index in [0.29, 0.717) is 17.3 Å². The van der Waals surface area contributed by atoms with Crippen LogP contribution in [0.4, 0.5) is 11.5 Å². The van der Waals surface area contributed by atoms with Crippen LogP contribution in [0.5, 0.6) is 0 Å². The molecular weight excluding hydrogens is 300 g/mol. The Bertz CT molecular complexity index is 708. The molecule has 1 saturated heterocycles. The van der Waals surface area contributed by atoms with Crippen LogP contribution in [0.2, 0.25) is 0 Å². The van der Waals surface area contributed by atoms with Gasteiger partial charge in [-0.15, -0.1) is 0 Å². The summed E-state index contributed by atoms with van der Waals surface area (Å²) >= 11 is 0. The number of amides is 1. The van der Waals surface area contributed by atoms with Crippen LogP contribution in [0.1, 0.15) is 35.7 Å². The van der Waals surface area contributed by atoms with Crippen molar-refractivity contribution in [2.45, 2.75) is 19.8 Å². The Morgan fingerprint density at radius 3 is 2.71 bits per heavy atom. The lowest BCUT2D eigenvalue weighted by Gasteiger charge is -2.29. The topological polar surface area (TPSA) is 57.3 Å². The highest BCUT2D eigenvalue weighted by atomic mass is 16.1. The molecule has 0 saturated carbocycles. The Kier molecular flexibility index (Phi) is 5.11. The molecule has 1 aliphatic heterocycles. The first-order valence-corrected chi connectivity index (χ1v) is 8.47. The predicted molar refractivity (Wildman–Crippen MR) is 97.8 cm³/mol. The number of nitrogens with zero attached hydrogens (tertiary/aromatic N) is 2. The van der Waals surface area contributed by atoms with Gasteiger partial charge in [0.2, 0.25) is 0 Å². The largest absolute Gasteiger partial charge is 0.369 e. The second kappa shape index (κ2) is 7.45. The highest BCUT2D eigenvalue weighted by molar-refractivity contribution is 6.05. The van der Waals surface area contributed by atoms with Gasteiger partial charge in [0.15, 0.2) is 0 Å². The smallest absolute Gasteiger partial charge is 0.257 e. The fraction of sp³-hybridized carbons (Fsp3) is 0.368. The summed E-state index contributed by atoms with van der Waals surface area (Å²) in [4.78, 5) is 19.3. The van der Waals surface area contributed by atoms with E-state index in [1.807, 2.05) is 36.4 Å². The molecule has 126 valence electrons. The first-order valence-electron chi connectivity index (χ1n) is 8.47. The molecule has 3 rings (SSSR count). The monoisotopic (exact) mass is 324 g/mol. The summed E-state index contributed by atoms with van der Waals surface area (Å²) in [5.74, 6) is 0.783. The Morgan fingerprint density at radius 2 is 1.96 bits per heavy atom. The molecule has 2 heterocycles. The molecule has 1 aromatic carbocycles. The third-order valence-electron chi connectivity index (χ3n) is 4.29. The molecule has 5 nitrogen and oxygen atoms in total. The Balaban J connectivity index is 1.77. The van der Waals surface area contributed by atoms with E-state index in [-0.39, 0.29) is 5.91 Å². The van der Waals surface area contributed by atoms with Crippen LogP contribution in [0.15, 0.2) is 42.6 Å². The maximum Gasteiger partial charge on any atom is 0.257 e. The van der Waals surface area contributed by atoms with E-state index < -0.39 is 0 Å². The van der Waals surface area contributed by atoms with E-state index in [1.165, 1.54) is 0 Å². The average molecular weight is 324 g/mol. The Hall–Kier alpha value is -2.40. The van der Waals surface area contributed by atoms with Gasteiger partial charge in [-0.05, 0) is 23.6 Å². The molecule has 1 fully saturated rings. The number of benzene rings is 1. The molecule has 0 aliphatic carbocycles. The SMILES string of the molecule is CC(C)c1ccccc1C(=O)Nc1cc(N2CCNCC2)ccn1. The molecule has 1 amide bonds. The first-order chi connectivity index (χ1) is 11.6. The van der Waals surface area contributed by atoms with E-state index >= 15 is 0 Å². The van der Waals surface area contributed by atoms with Crippen molar-refractivity contribution in [2.75, 3.05) is 36.4 Å². The van der Waals surface area contributed by atoms with Crippen molar-refractivity contribution in [1.29, 1.82) is 0 Å². The summed E-state index contributed by atoms with van der Waals surface area (Å²) in [6.45, 7) is 8.07. The molecule has 0 atom stereocenters. The van der Waals surface area contributed by atoms with Gasteiger partial charge in [-0.1, -0.05) is 32.0 Å². The molecular formula is C19H24N4O. The molecule has 2 N–H and O–H groups in total. The zero-order chi connectivity index (χ0) is 16.9. The first kappa shape index (κ1) is 16.5. The quantitative estimate of drug-likeness (QED) is 0.908. The van der Waals surface area contributed by atoms with Crippen LogP contribution < -0.4 is 15.5 Å². The maximum absolute atomic E-state index is 12.7. The van der Waals surface area contributed by atoms with Gasteiger partial charge in [-0.2, -0.15) is 0 Å². The summed E-state index contributed by atoms with van der Waals surface area (Å²) in [5.41, 5.74) is 2.86. The Labute approximate surface area is 143 Å². The number of rotatable bonds is 4. The number of piperazine rings is 1. The minimum absolute atomic E-state index is 0.107. The lowest BCUT2D eigenvalue weighted by molar-refractivity contribution is 0.102. The number of nitrogens with one attached hydrogen (secondary N) is 2. The molecule has 2 aromatic rings. The second-order valence-corrected chi connectivity index (χ2v) is 6.33. The predicted octanol–water partition coefficient (Wildman–Crippen LogP) is 2.87. The van der Waals surface area contributed by atoms with Gasteiger partial charge in [0.05, 0.1) is 0 Å². The third-order valence-corrected chi connectivity index (χ3v) is 4.29. The third kappa shape index (κ3) is 3.74. The van der Waals surface area contributed by atoms with Gasteiger partial charge < -0.3 is 15.5 Å². The molecule has 5 heteroatoms. The number of hydrogen-bond acceptors (Lipinski definition) is 4. The van der Waals surface area contributed by atoms with Gasteiger partial charge >= 0.3 is 0 Å². The summed E-state index contributed by atoms with van der Waals surface area (Å²) in [7, 11) is 0. The number of hydrogen-bond donors (Lipinski definition) is 2. The lowest BCUT2D eigenvalue weighted by atomic mass is 9.97.